The summed E-state index contributed by atoms with van der Waals surface area (Å²) in [5, 5.41) is 2.86. The Labute approximate surface area is 155 Å². The van der Waals surface area contributed by atoms with Gasteiger partial charge in [-0.1, -0.05) is 32.0 Å². The molecule has 0 aromatic heterocycles. The molecular weight excluding hydrogens is 324 g/mol. The molecule has 0 bridgehead atoms. The fraction of sp³-hybridized carbons (Fsp3) is 0.364. The van der Waals surface area contributed by atoms with E-state index in [2.05, 4.69) is 19.2 Å². The maximum absolute atomic E-state index is 12.8. The van der Waals surface area contributed by atoms with Crippen molar-refractivity contribution in [1.82, 2.24) is 4.90 Å². The van der Waals surface area contributed by atoms with E-state index in [1.165, 1.54) is 0 Å². The number of nitrogens with zero attached hydrogens (tertiary/aromatic N) is 1. The van der Waals surface area contributed by atoms with Gasteiger partial charge in [-0.15, -0.1) is 0 Å². The predicted molar refractivity (Wildman–Crippen MR) is 104 cm³/mol. The van der Waals surface area contributed by atoms with E-state index in [0.29, 0.717) is 28.8 Å². The van der Waals surface area contributed by atoms with Crippen LogP contribution in [0.4, 0.5) is 5.69 Å². The molecule has 2 amide bonds. The maximum atomic E-state index is 12.8. The second-order valence-corrected chi connectivity index (χ2v) is 7.31. The zero-order chi connectivity index (χ0) is 18.5. The van der Waals surface area contributed by atoms with Gasteiger partial charge in [0.1, 0.15) is 0 Å². The van der Waals surface area contributed by atoms with Crippen LogP contribution in [0.25, 0.3) is 0 Å². The largest absolute Gasteiger partial charge is 0.336 e. The predicted octanol–water partition coefficient (Wildman–Crippen LogP) is 4.59. The highest BCUT2D eigenvalue weighted by Gasteiger charge is 2.32. The van der Waals surface area contributed by atoms with Crippen molar-refractivity contribution in [2.24, 2.45) is 5.92 Å². The normalized spacial score (nSPS) is 13.5. The van der Waals surface area contributed by atoms with E-state index in [-0.39, 0.29) is 11.8 Å². The Morgan fingerprint density at radius 1 is 1.00 bits per heavy atom. The first-order valence-electron chi connectivity index (χ1n) is 9.32. The van der Waals surface area contributed by atoms with Crippen molar-refractivity contribution in [2.75, 3.05) is 11.9 Å². The van der Waals surface area contributed by atoms with Crippen LogP contribution in [0.5, 0.6) is 0 Å². The standard InChI is InChI=1S/C22H26N2O2/c1-16(2)14-15-24(20-12-13-20)22(26)18-8-10-19(11-9-18)23-21(25)17-6-4-3-5-7-17/h3-11,16,20H,12-15H2,1-2H3,(H,23,25). The molecule has 0 radical (unpaired) electrons. The molecule has 0 saturated heterocycles. The SMILES string of the molecule is CC(C)CCN(C(=O)c1ccc(NC(=O)c2ccccc2)cc1)C1CC1. The van der Waals surface area contributed by atoms with Gasteiger partial charge < -0.3 is 10.2 Å². The van der Waals surface area contributed by atoms with E-state index in [9.17, 15) is 9.59 Å². The van der Waals surface area contributed by atoms with Crippen LogP contribution >= 0.6 is 0 Å². The fourth-order valence-electron chi connectivity index (χ4n) is 2.89. The summed E-state index contributed by atoms with van der Waals surface area (Å²) < 4.78 is 0. The van der Waals surface area contributed by atoms with Crippen molar-refractivity contribution < 1.29 is 9.59 Å². The lowest BCUT2D eigenvalue weighted by Crippen LogP contribution is -2.34. The van der Waals surface area contributed by atoms with Gasteiger partial charge in [0.2, 0.25) is 0 Å². The minimum absolute atomic E-state index is 0.0917. The number of nitrogens with one attached hydrogen (secondary N) is 1. The minimum atomic E-state index is -0.152. The van der Waals surface area contributed by atoms with Crippen molar-refractivity contribution in [3.05, 3.63) is 65.7 Å². The molecule has 1 aliphatic carbocycles. The molecule has 0 heterocycles. The minimum Gasteiger partial charge on any atom is -0.336 e. The number of amides is 2. The van der Waals surface area contributed by atoms with E-state index in [1.807, 2.05) is 23.1 Å². The molecule has 3 rings (SSSR count). The number of carbonyl (C=O) groups excluding carboxylic acids is 2. The van der Waals surface area contributed by atoms with Crippen LogP contribution in [-0.2, 0) is 0 Å². The van der Waals surface area contributed by atoms with Gasteiger partial charge in [-0.25, -0.2) is 0 Å². The van der Waals surface area contributed by atoms with E-state index in [0.717, 1.165) is 25.8 Å². The summed E-state index contributed by atoms with van der Waals surface area (Å²) in [6, 6.07) is 16.7. The van der Waals surface area contributed by atoms with Gasteiger partial charge in [-0.05, 0) is 61.6 Å². The molecule has 0 aliphatic heterocycles. The molecular formula is C22H26N2O2. The third kappa shape index (κ3) is 4.72. The number of hydrogen-bond acceptors (Lipinski definition) is 2. The Bertz CT molecular complexity index is 749. The smallest absolute Gasteiger partial charge is 0.255 e. The van der Waals surface area contributed by atoms with Crippen LogP contribution in [0.15, 0.2) is 54.6 Å². The van der Waals surface area contributed by atoms with Crippen LogP contribution in [0, 0.1) is 5.92 Å². The van der Waals surface area contributed by atoms with Gasteiger partial charge in [-0.2, -0.15) is 0 Å². The Morgan fingerprint density at radius 3 is 2.23 bits per heavy atom. The average molecular weight is 350 g/mol. The highest BCUT2D eigenvalue weighted by Crippen LogP contribution is 2.29. The third-order valence-electron chi connectivity index (χ3n) is 4.62. The summed E-state index contributed by atoms with van der Waals surface area (Å²) in [6.45, 7) is 5.17. The maximum Gasteiger partial charge on any atom is 0.255 e. The van der Waals surface area contributed by atoms with Gasteiger partial charge in [-0.3, -0.25) is 9.59 Å². The van der Waals surface area contributed by atoms with Crippen LogP contribution in [0.3, 0.4) is 0 Å². The Kier molecular flexibility index (Phi) is 5.71. The molecule has 26 heavy (non-hydrogen) atoms. The first-order valence-corrected chi connectivity index (χ1v) is 9.32. The van der Waals surface area contributed by atoms with Crippen LogP contribution in [0.1, 0.15) is 53.8 Å². The lowest BCUT2D eigenvalue weighted by molar-refractivity contribution is 0.0735. The number of carbonyl (C=O) groups is 2. The Balaban J connectivity index is 1.64. The van der Waals surface area contributed by atoms with Gasteiger partial charge >= 0.3 is 0 Å². The highest BCUT2D eigenvalue weighted by molar-refractivity contribution is 6.04. The molecule has 0 unspecified atom stereocenters. The van der Waals surface area contributed by atoms with Gasteiger partial charge in [0.05, 0.1) is 0 Å². The second kappa shape index (κ2) is 8.17. The fourth-order valence-corrected chi connectivity index (χ4v) is 2.89. The Hall–Kier alpha value is -2.62. The average Bonchev–Trinajstić information content (AvgIpc) is 3.48. The molecule has 0 atom stereocenters. The van der Waals surface area contributed by atoms with E-state index in [1.54, 1.807) is 36.4 Å². The van der Waals surface area contributed by atoms with Crippen molar-refractivity contribution in [3.8, 4) is 0 Å². The third-order valence-corrected chi connectivity index (χ3v) is 4.62. The molecule has 1 saturated carbocycles. The number of rotatable bonds is 7. The van der Waals surface area contributed by atoms with E-state index in [4.69, 9.17) is 0 Å². The lowest BCUT2D eigenvalue weighted by Gasteiger charge is -2.23. The quantitative estimate of drug-likeness (QED) is 0.794. The molecule has 1 N–H and O–H groups in total. The van der Waals surface area contributed by atoms with Gasteiger partial charge in [0, 0.05) is 29.4 Å². The summed E-state index contributed by atoms with van der Waals surface area (Å²) in [4.78, 5) is 27.0. The monoisotopic (exact) mass is 350 g/mol. The van der Waals surface area contributed by atoms with Crippen molar-refractivity contribution >= 4 is 17.5 Å². The molecule has 4 heteroatoms. The van der Waals surface area contributed by atoms with Crippen LogP contribution < -0.4 is 5.32 Å². The van der Waals surface area contributed by atoms with Gasteiger partial charge in [0.15, 0.2) is 0 Å². The van der Waals surface area contributed by atoms with E-state index >= 15 is 0 Å². The lowest BCUT2D eigenvalue weighted by atomic mass is 10.1. The summed E-state index contributed by atoms with van der Waals surface area (Å²) in [7, 11) is 0. The summed E-state index contributed by atoms with van der Waals surface area (Å²) >= 11 is 0. The molecule has 136 valence electrons. The molecule has 1 aliphatic rings. The van der Waals surface area contributed by atoms with E-state index < -0.39 is 0 Å². The molecule has 4 nitrogen and oxygen atoms in total. The molecule has 2 aromatic carbocycles. The summed E-state index contributed by atoms with van der Waals surface area (Å²) in [6.07, 6.45) is 3.23. The van der Waals surface area contributed by atoms with Gasteiger partial charge in [0.25, 0.3) is 11.8 Å². The first kappa shape index (κ1) is 18.2. The number of hydrogen-bond donors (Lipinski definition) is 1. The van der Waals surface area contributed by atoms with Crippen molar-refractivity contribution in [2.45, 2.75) is 39.2 Å². The number of benzene rings is 2. The summed E-state index contributed by atoms with van der Waals surface area (Å²) in [5.74, 6) is 0.523. The molecule has 2 aromatic rings. The van der Waals surface area contributed by atoms with Crippen LogP contribution in [-0.4, -0.2) is 29.3 Å². The molecule has 1 fully saturated rings. The topological polar surface area (TPSA) is 49.4 Å². The zero-order valence-electron chi connectivity index (χ0n) is 15.4. The second-order valence-electron chi connectivity index (χ2n) is 7.31. The first-order chi connectivity index (χ1) is 12.5. The number of anilines is 1. The van der Waals surface area contributed by atoms with Crippen molar-refractivity contribution in [3.63, 3.8) is 0 Å². The highest BCUT2D eigenvalue weighted by atomic mass is 16.2. The Morgan fingerprint density at radius 2 is 1.65 bits per heavy atom. The van der Waals surface area contributed by atoms with Crippen LogP contribution in [0.2, 0.25) is 0 Å². The summed E-state index contributed by atoms with van der Waals surface area (Å²) in [5.41, 5.74) is 1.98. The zero-order valence-corrected chi connectivity index (χ0v) is 15.4. The van der Waals surface area contributed by atoms with Crippen molar-refractivity contribution in [1.29, 1.82) is 0 Å². The molecule has 0 spiro atoms.